The van der Waals surface area contributed by atoms with Crippen molar-refractivity contribution in [1.82, 2.24) is 9.97 Å². The van der Waals surface area contributed by atoms with E-state index >= 15 is 0 Å². The number of hydrogen-bond donors (Lipinski definition) is 2. The van der Waals surface area contributed by atoms with Crippen molar-refractivity contribution in [1.29, 1.82) is 0 Å². The van der Waals surface area contributed by atoms with E-state index in [1.165, 1.54) is 24.3 Å². The lowest BCUT2D eigenvalue weighted by Crippen LogP contribution is -2.27. The molecule has 0 aliphatic heterocycles. The molecule has 3 rings (SSSR count). The molecule has 3 aromatic rings. The molecule has 2 N–H and O–H groups in total. The fourth-order valence-electron chi connectivity index (χ4n) is 2.46. The van der Waals surface area contributed by atoms with Gasteiger partial charge >= 0.3 is 0 Å². The van der Waals surface area contributed by atoms with Gasteiger partial charge in [-0.3, -0.25) is 4.79 Å². The highest BCUT2D eigenvalue weighted by Crippen LogP contribution is 2.21. The van der Waals surface area contributed by atoms with Crippen LogP contribution in [0.2, 0.25) is 0 Å². The zero-order chi connectivity index (χ0) is 19.4. The summed E-state index contributed by atoms with van der Waals surface area (Å²) < 4.78 is 13.1. The van der Waals surface area contributed by atoms with Gasteiger partial charge in [0.2, 0.25) is 0 Å². The summed E-state index contributed by atoms with van der Waals surface area (Å²) in [7, 11) is 0. The van der Waals surface area contributed by atoms with Gasteiger partial charge in [-0.2, -0.15) is 0 Å². The van der Waals surface area contributed by atoms with Gasteiger partial charge in [0.25, 0.3) is 5.91 Å². The summed E-state index contributed by atoms with van der Waals surface area (Å²) in [5.74, 6) is 0.255. The molecular formula is C21H21FN4O. The Balaban J connectivity index is 1.96. The first-order valence-corrected chi connectivity index (χ1v) is 8.60. The number of carbonyl (C=O) groups is 1. The van der Waals surface area contributed by atoms with Gasteiger partial charge in [-0.15, -0.1) is 0 Å². The lowest BCUT2D eigenvalue weighted by Gasteiger charge is -2.22. The van der Waals surface area contributed by atoms with Crippen LogP contribution < -0.4 is 10.6 Å². The number of aromatic nitrogens is 2. The van der Waals surface area contributed by atoms with Crippen molar-refractivity contribution in [2.75, 3.05) is 10.6 Å². The van der Waals surface area contributed by atoms with Crippen LogP contribution in [-0.4, -0.2) is 21.4 Å². The van der Waals surface area contributed by atoms with Crippen LogP contribution in [0.15, 0.2) is 60.7 Å². The summed E-state index contributed by atoms with van der Waals surface area (Å²) in [4.78, 5) is 21.6. The number of nitrogens with zero attached hydrogens (tertiary/aromatic N) is 2. The molecule has 0 saturated heterocycles. The topological polar surface area (TPSA) is 66.9 Å². The highest BCUT2D eigenvalue weighted by Gasteiger charge is 2.17. The molecule has 138 valence electrons. The predicted molar refractivity (Wildman–Crippen MR) is 105 cm³/mol. The van der Waals surface area contributed by atoms with Crippen LogP contribution in [0.3, 0.4) is 0 Å². The molecule has 1 aromatic heterocycles. The molecule has 0 aliphatic carbocycles. The highest BCUT2D eigenvalue weighted by atomic mass is 19.1. The number of nitrogens with one attached hydrogen (secondary N) is 2. The minimum Gasteiger partial charge on any atom is -0.365 e. The molecule has 27 heavy (non-hydrogen) atoms. The average Bonchev–Trinajstić information content (AvgIpc) is 2.62. The minimum atomic E-state index is -0.391. The zero-order valence-corrected chi connectivity index (χ0v) is 15.5. The molecule has 2 aromatic carbocycles. The molecule has 5 nitrogen and oxygen atoms in total. The monoisotopic (exact) mass is 364 g/mol. The van der Waals surface area contributed by atoms with Crippen LogP contribution in [0, 0.1) is 5.82 Å². The van der Waals surface area contributed by atoms with E-state index in [1.807, 2.05) is 51.1 Å². The number of anilines is 2. The van der Waals surface area contributed by atoms with Gasteiger partial charge in [-0.05, 0) is 45.0 Å². The molecule has 6 heteroatoms. The molecule has 0 aliphatic rings. The van der Waals surface area contributed by atoms with Crippen molar-refractivity contribution in [2.24, 2.45) is 0 Å². The smallest absolute Gasteiger partial charge is 0.274 e. The molecular weight excluding hydrogens is 343 g/mol. The van der Waals surface area contributed by atoms with E-state index in [1.54, 1.807) is 6.07 Å². The van der Waals surface area contributed by atoms with Crippen molar-refractivity contribution in [2.45, 2.75) is 26.3 Å². The molecule has 0 radical (unpaired) electrons. The third-order valence-electron chi connectivity index (χ3n) is 3.60. The Morgan fingerprint density at radius 2 is 1.63 bits per heavy atom. The van der Waals surface area contributed by atoms with Gasteiger partial charge in [0, 0.05) is 22.9 Å². The maximum atomic E-state index is 13.1. The summed E-state index contributed by atoms with van der Waals surface area (Å²) >= 11 is 0. The highest BCUT2D eigenvalue weighted by molar-refractivity contribution is 6.03. The second-order valence-electron chi connectivity index (χ2n) is 7.16. The maximum Gasteiger partial charge on any atom is 0.274 e. The summed E-state index contributed by atoms with van der Waals surface area (Å²) in [6, 6.07) is 16.6. The van der Waals surface area contributed by atoms with Crippen molar-refractivity contribution in [3.05, 3.63) is 72.2 Å². The van der Waals surface area contributed by atoms with Crippen molar-refractivity contribution >= 4 is 17.4 Å². The third kappa shape index (κ3) is 5.10. The van der Waals surface area contributed by atoms with Crippen molar-refractivity contribution in [3.8, 4) is 11.4 Å². The van der Waals surface area contributed by atoms with Gasteiger partial charge in [-0.1, -0.05) is 30.3 Å². The third-order valence-corrected chi connectivity index (χ3v) is 3.60. The molecule has 0 unspecified atom stereocenters. The largest absolute Gasteiger partial charge is 0.365 e. The fraction of sp³-hybridized carbons (Fsp3) is 0.190. The number of amides is 1. The summed E-state index contributed by atoms with van der Waals surface area (Å²) in [5.41, 5.74) is 1.30. The van der Waals surface area contributed by atoms with Crippen LogP contribution in [-0.2, 0) is 0 Å². The van der Waals surface area contributed by atoms with Gasteiger partial charge < -0.3 is 10.6 Å². The minimum absolute atomic E-state index is 0.222. The molecule has 1 heterocycles. The number of benzene rings is 2. The fourth-order valence-corrected chi connectivity index (χ4v) is 2.46. The number of rotatable bonds is 4. The predicted octanol–water partition coefficient (Wildman–Crippen LogP) is 4.75. The standard InChI is InChI=1S/C21H21FN4O/c1-21(2,3)26-18-13-17(20(27)23-16-11-9-15(22)10-12-16)24-19(25-18)14-7-5-4-6-8-14/h4-13H,1-3H3,(H,23,27)(H,24,25,26). The van der Waals surface area contributed by atoms with E-state index in [2.05, 4.69) is 20.6 Å². The van der Waals surface area contributed by atoms with Crippen LogP contribution >= 0.6 is 0 Å². The Hall–Kier alpha value is -3.28. The van der Waals surface area contributed by atoms with E-state index in [-0.39, 0.29) is 17.1 Å². The molecule has 0 fully saturated rings. The SMILES string of the molecule is CC(C)(C)Nc1cc(C(=O)Nc2ccc(F)cc2)nc(-c2ccccc2)n1. The van der Waals surface area contributed by atoms with Gasteiger partial charge in [-0.25, -0.2) is 14.4 Å². The first-order chi connectivity index (χ1) is 12.8. The Bertz CT molecular complexity index is 935. The Kier molecular flexibility index (Phi) is 5.16. The van der Waals surface area contributed by atoms with Crippen LogP contribution in [0.4, 0.5) is 15.9 Å². The normalized spacial score (nSPS) is 11.1. The Morgan fingerprint density at radius 1 is 0.963 bits per heavy atom. The first-order valence-electron chi connectivity index (χ1n) is 8.60. The second kappa shape index (κ2) is 7.53. The number of hydrogen-bond acceptors (Lipinski definition) is 4. The van der Waals surface area contributed by atoms with Crippen molar-refractivity contribution in [3.63, 3.8) is 0 Å². The maximum absolute atomic E-state index is 13.1. The van der Waals surface area contributed by atoms with Crippen LogP contribution in [0.1, 0.15) is 31.3 Å². The van der Waals surface area contributed by atoms with E-state index in [9.17, 15) is 9.18 Å². The molecule has 0 atom stereocenters. The molecule has 1 amide bonds. The van der Waals surface area contributed by atoms with E-state index in [0.717, 1.165) is 5.56 Å². The summed E-state index contributed by atoms with van der Waals surface area (Å²) in [6.45, 7) is 6.03. The summed E-state index contributed by atoms with van der Waals surface area (Å²) in [5, 5.41) is 6.01. The number of carbonyl (C=O) groups excluding carboxylic acids is 1. The van der Waals surface area contributed by atoms with E-state index in [4.69, 9.17) is 0 Å². The van der Waals surface area contributed by atoms with Gasteiger partial charge in [0.05, 0.1) is 0 Å². The Labute approximate surface area is 157 Å². The van der Waals surface area contributed by atoms with Gasteiger partial charge in [0.1, 0.15) is 17.3 Å². The average molecular weight is 364 g/mol. The first kappa shape index (κ1) is 18.5. The quantitative estimate of drug-likeness (QED) is 0.701. The zero-order valence-electron chi connectivity index (χ0n) is 15.5. The lowest BCUT2D eigenvalue weighted by molar-refractivity contribution is 0.102. The Morgan fingerprint density at radius 3 is 2.26 bits per heavy atom. The van der Waals surface area contributed by atoms with Crippen molar-refractivity contribution < 1.29 is 9.18 Å². The number of halogens is 1. The van der Waals surface area contributed by atoms with E-state index < -0.39 is 5.91 Å². The molecule has 0 spiro atoms. The summed E-state index contributed by atoms with van der Waals surface area (Å²) in [6.07, 6.45) is 0. The van der Waals surface area contributed by atoms with Crippen LogP contribution in [0.25, 0.3) is 11.4 Å². The molecule has 0 saturated carbocycles. The second-order valence-corrected chi connectivity index (χ2v) is 7.16. The lowest BCUT2D eigenvalue weighted by atomic mass is 10.1. The van der Waals surface area contributed by atoms with E-state index in [0.29, 0.717) is 17.3 Å². The van der Waals surface area contributed by atoms with Crippen LogP contribution in [0.5, 0.6) is 0 Å². The molecule has 0 bridgehead atoms. The van der Waals surface area contributed by atoms with Gasteiger partial charge in [0.15, 0.2) is 5.82 Å².